The van der Waals surface area contributed by atoms with Crippen LogP contribution in [0.25, 0.3) is 0 Å². The van der Waals surface area contributed by atoms with E-state index in [0.29, 0.717) is 19.0 Å². The van der Waals surface area contributed by atoms with Crippen molar-refractivity contribution in [3.05, 3.63) is 71.3 Å². The number of hydrogen-bond donors (Lipinski definition) is 3. The maximum Gasteiger partial charge on any atom is 0.0818 e. The summed E-state index contributed by atoms with van der Waals surface area (Å²) in [4.78, 5) is 0. The van der Waals surface area contributed by atoms with Gasteiger partial charge in [-0.3, -0.25) is 0 Å². The Labute approximate surface area is 132 Å². The van der Waals surface area contributed by atoms with Crippen molar-refractivity contribution in [1.82, 2.24) is 5.32 Å². The molecule has 3 nitrogen and oxygen atoms in total. The number of hydrogen-bond acceptors (Lipinski definition) is 3. The molecule has 0 heterocycles. The van der Waals surface area contributed by atoms with Crippen LogP contribution in [0.3, 0.4) is 0 Å². The molecule has 22 heavy (non-hydrogen) atoms. The second kappa shape index (κ2) is 7.05. The minimum absolute atomic E-state index is 0.244. The number of rotatable bonds is 6. The Balaban J connectivity index is 1.51. The predicted octanol–water partition coefficient (Wildman–Crippen LogP) is 2.19. The number of aliphatic hydroxyl groups is 1. The Morgan fingerprint density at radius 2 is 1.82 bits per heavy atom. The van der Waals surface area contributed by atoms with Gasteiger partial charge in [0.05, 0.1) is 6.10 Å². The zero-order valence-electron chi connectivity index (χ0n) is 12.8. The predicted molar refractivity (Wildman–Crippen MR) is 89.6 cm³/mol. The van der Waals surface area contributed by atoms with Gasteiger partial charge in [0.15, 0.2) is 0 Å². The molecular weight excluding hydrogens is 272 g/mol. The molecule has 0 saturated heterocycles. The summed E-state index contributed by atoms with van der Waals surface area (Å²) in [6.07, 6.45) is 2.37. The van der Waals surface area contributed by atoms with Crippen molar-refractivity contribution in [3.63, 3.8) is 0 Å². The van der Waals surface area contributed by atoms with Gasteiger partial charge in [0.2, 0.25) is 0 Å². The fourth-order valence-electron chi connectivity index (χ4n) is 3.21. The molecule has 3 atom stereocenters. The SMILES string of the molecule is N[C@@H](Cc1ccccc1)[C@H](O)CN[C@@H]1CCc2ccccc21. The first-order valence-electron chi connectivity index (χ1n) is 8.03. The second-order valence-corrected chi connectivity index (χ2v) is 6.12. The highest BCUT2D eigenvalue weighted by Gasteiger charge is 2.23. The third-order valence-electron chi connectivity index (χ3n) is 4.51. The van der Waals surface area contributed by atoms with Crippen LogP contribution in [0.2, 0.25) is 0 Å². The lowest BCUT2D eigenvalue weighted by atomic mass is 10.0. The highest BCUT2D eigenvalue weighted by Crippen LogP contribution is 2.30. The van der Waals surface area contributed by atoms with Crippen LogP contribution in [0.4, 0.5) is 0 Å². The molecule has 0 fully saturated rings. The van der Waals surface area contributed by atoms with Crippen molar-refractivity contribution < 1.29 is 5.11 Å². The van der Waals surface area contributed by atoms with E-state index in [1.165, 1.54) is 16.7 Å². The van der Waals surface area contributed by atoms with E-state index in [9.17, 15) is 5.11 Å². The maximum atomic E-state index is 10.3. The van der Waals surface area contributed by atoms with Crippen LogP contribution >= 0.6 is 0 Å². The summed E-state index contributed by atoms with van der Waals surface area (Å²) >= 11 is 0. The van der Waals surface area contributed by atoms with E-state index in [0.717, 1.165) is 12.8 Å². The van der Waals surface area contributed by atoms with Crippen molar-refractivity contribution in [2.45, 2.75) is 37.5 Å². The van der Waals surface area contributed by atoms with Gasteiger partial charge in [0, 0.05) is 18.6 Å². The fourth-order valence-corrected chi connectivity index (χ4v) is 3.21. The number of aryl methyl sites for hydroxylation is 1. The summed E-state index contributed by atoms with van der Waals surface area (Å²) < 4.78 is 0. The summed E-state index contributed by atoms with van der Waals surface area (Å²) in [5.74, 6) is 0. The van der Waals surface area contributed by atoms with Gasteiger partial charge in [-0.2, -0.15) is 0 Å². The highest BCUT2D eigenvalue weighted by atomic mass is 16.3. The van der Waals surface area contributed by atoms with Gasteiger partial charge >= 0.3 is 0 Å². The Hall–Kier alpha value is -1.68. The van der Waals surface area contributed by atoms with E-state index in [-0.39, 0.29) is 6.04 Å². The first-order valence-corrected chi connectivity index (χ1v) is 8.03. The van der Waals surface area contributed by atoms with E-state index >= 15 is 0 Å². The second-order valence-electron chi connectivity index (χ2n) is 6.12. The van der Waals surface area contributed by atoms with Crippen LogP contribution in [0.15, 0.2) is 54.6 Å². The summed E-state index contributed by atoms with van der Waals surface area (Å²) in [6.45, 7) is 0.535. The van der Waals surface area contributed by atoms with Gasteiger partial charge in [-0.15, -0.1) is 0 Å². The molecule has 2 aromatic rings. The lowest BCUT2D eigenvalue weighted by Crippen LogP contribution is -2.43. The normalized spacial score (nSPS) is 19.6. The summed E-state index contributed by atoms with van der Waals surface area (Å²) in [7, 11) is 0. The Kier molecular flexibility index (Phi) is 4.88. The first kappa shape index (κ1) is 15.2. The third-order valence-corrected chi connectivity index (χ3v) is 4.51. The number of aliphatic hydroxyl groups excluding tert-OH is 1. The van der Waals surface area contributed by atoms with E-state index in [4.69, 9.17) is 5.73 Å². The first-order chi connectivity index (χ1) is 10.7. The summed E-state index contributed by atoms with van der Waals surface area (Å²) in [5, 5.41) is 13.8. The zero-order chi connectivity index (χ0) is 15.4. The molecule has 116 valence electrons. The van der Waals surface area contributed by atoms with E-state index in [1.807, 2.05) is 30.3 Å². The van der Waals surface area contributed by atoms with E-state index in [2.05, 4.69) is 29.6 Å². The molecule has 0 aliphatic heterocycles. The molecule has 0 bridgehead atoms. The molecule has 0 saturated carbocycles. The Morgan fingerprint density at radius 3 is 2.64 bits per heavy atom. The molecule has 1 aliphatic rings. The van der Waals surface area contributed by atoms with Crippen molar-refractivity contribution in [3.8, 4) is 0 Å². The molecule has 1 aliphatic carbocycles. The summed E-state index contributed by atoms with van der Waals surface area (Å²) in [6, 6.07) is 18.7. The van der Waals surface area contributed by atoms with Crippen LogP contribution in [-0.2, 0) is 12.8 Å². The van der Waals surface area contributed by atoms with Crippen LogP contribution < -0.4 is 11.1 Å². The molecule has 0 aromatic heterocycles. The molecular formula is C19H24N2O. The fraction of sp³-hybridized carbons (Fsp3) is 0.368. The number of nitrogens with two attached hydrogens (primary N) is 1. The molecule has 2 aromatic carbocycles. The van der Waals surface area contributed by atoms with Crippen molar-refractivity contribution in [1.29, 1.82) is 0 Å². The zero-order valence-corrected chi connectivity index (χ0v) is 12.8. The van der Waals surface area contributed by atoms with Gasteiger partial charge < -0.3 is 16.2 Å². The van der Waals surface area contributed by atoms with E-state index < -0.39 is 6.10 Å². The van der Waals surface area contributed by atoms with Crippen LogP contribution in [-0.4, -0.2) is 23.8 Å². The molecule has 3 rings (SSSR count). The summed E-state index contributed by atoms with van der Waals surface area (Å²) in [5.41, 5.74) is 10.1. The largest absolute Gasteiger partial charge is 0.390 e. The van der Waals surface area contributed by atoms with Crippen LogP contribution in [0, 0.1) is 0 Å². The van der Waals surface area contributed by atoms with Crippen LogP contribution in [0.5, 0.6) is 0 Å². The molecule has 0 spiro atoms. The van der Waals surface area contributed by atoms with E-state index in [1.54, 1.807) is 0 Å². The minimum atomic E-state index is -0.534. The van der Waals surface area contributed by atoms with Crippen molar-refractivity contribution >= 4 is 0 Å². The van der Waals surface area contributed by atoms with Gasteiger partial charge in [-0.05, 0) is 36.0 Å². The van der Waals surface area contributed by atoms with Gasteiger partial charge in [0.1, 0.15) is 0 Å². The Bertz CT molecular complexity index is 599. The lowest BCUT2D eigenvalue weighted by Gasteiger charge is -2.22. The van der Waals surface area contributed by atoms with Gasteiger partial charge in [0.25, 0.3) is 0 Å². The highest BCUT2D eigenvalue weighted by molar-refractivity contribution is 5.34. The minimum Gasteiger partial charge on any atom is -0.390 e. The Morgan fingerprint density at radius 1 is 1.09 bits per heavy atom. The standard InChI is InChI=1S/C19H24N2O/c20-17(12-14-6-2-1-3-7-14)19(22)13-21-18-11-10-15-8-4-5-9-16(15)18/h1-9,17-19,21-22H,10-13,20H2/t17-,18+,19+/m0/s1. The van der Waals surface area contributed by atoms with Gasteiger partial charge in [-0.1, -0.05) is 54.6 Å². The third kappa shape index (κ3) is 3.55. The molecule has 0 unspecified atom stereocenters. The average molecular weight is 296 g/mol. The smallest absolute Gasteiger partial charge is 0.0818 e. The topological polar surface area (TPSA) is 58.3 Å². The van der Waals surface area contributed by atoms with Gasteiger partial charge in [-0.25, -0.2) is 0 Å². The molecule has 4 N–H and O–H groups in total. The maximum absolute atomic E-state index is 10.3. The molecule has 3 heteroatoms. The monoisotopic (exact) mass is 296 g/mol. The molecule has 0 amide bonds. The van der Waals surface area contributed by atoms with Crippen molar-refractivity contribution in [2.75, 3.05) is 6.54 Å². The number of nitrogens with one attached hydrogen (secondary N) is 1. The average Bonchev–Trinajstić information content (AvgIpc) is 2.97. The quantitative estimate of drug-likeness (QED) is 0.766. The van der Waals surface area contributed by atoms with Crippen molar-refractivity contribution in [2.24, 2.45) is 5.73 Å². The number of fused-ring (bicyclic) bond motifs is 1. The number of benzene rings is 2. The van der Waals surface area contributed by atoms with Crippen LogP contribution in [0.1, 0.15) is 29.2 Å². The lowest BCUT2D eigenvalue weighted by molar-refractivity contribution is 0.138. The molecule has 0 radical (unpaired) electrons.